The average Bonchev–Trinajstić information content (AvgIpc) is 2.52. The highest BCUT2D eigenvalue weighted by Crippen LogP contribution is 2.21. The number of nitrogens with one attached hydrogen (secondary N) is 1. The Morgan fingerprint density at radius 3 is 2.71 bits per heavy atom. The Kier molecular flexibility index (Phi) is 3.98. The van der Waals surface area contributed by atoms with Gasteiger partial charge in [0.1, 0.15) is 0 Å². The molecule has 2 nitrogen and oxygen atoms in total. The van der Waals surface area contributed by atoms with E-state index in [1.807, 2.05) is 25.4 Å². The molecule has 21 heavy (non-hydrogen) atoms. The van der Waals surface area contributed by atoms with Crippen LogP contribution in [-0.2, 0) is 6.42 Å². The molecule has 1 atom stereocenters. The second kappa shape index (κ2) is 6.06. The Bertz CT molecular complexity index is 749. The monoisotopic (exact) mass is 276 g/mol. The number of likely N-dealkylation sites (N-methyl/N-ethyl adjacent to an activating group) is 1. The van der Waals surface area contributed by atoms with Crippen LogP contribution in [0, 0.1) is 6.92 Å². The Morgan fingerprint density at radius 2 is 1.90 bits per heavy atom. The molecular weight excluding hydrogens is 256 g/mol. The maximum absolute atomic E-state index is 4.57. The van der Waals surface area contributed by atoms with Gasteiger partial charge in [-0.25, -0.2) is 0 Å². The molecule has 3 rings (SSSR count). The first-order valence-corrected chi connectivity index (χ1v) is 7.34. The maximum Gasteiger partial charge on any atom is 0.0702 e. The summed E-state index contributed by atoms with van der Waals surface area (Å²) in [6, 6.07) is 19.5. The molecule has 0 fully saturated rings. The molecule has 106 valence electrons. The minimum atomic E-state index is 0.281. The number of fused-ring (bicyclic) bond motifs is 1. The lowest BCUT2D eigenvalue weighted by molar-refractivity contribution is 0.591. The van der Waals surface area contributed by atoms with Gasteiger partial charge in [-0.1, -0.05) is 48.0 Å². The van der Waals surface area contributed by atoms with Crippen LogP contribution in [0.5, 0.6) is 0 Å². The number of benzene rings is 2. The Hall–Kier alpha value is -2.19. The van der Waals surface area contributed by atoms with Crippen molar-refractivity contribution in [3.05, 3.63) is 77.5 Å². The highest BCUT2D eigenvalue weighted by atomic mass is 14.9. The van der Waals surface area contributed by atoms with Crippen molar-refractivity contribution in [2.45, 2.75) is 19.4 Å². The standard InChI is InChI=1S/C19H20N2/c1-14-6-5-7-15(10-14)11-19(20-2)17-12-16-8-3-4-9-18(16)21-13-17/h3-10,12-13,19-20H,11H2,1-2H3. The van der Waals surface area contributed by atoms with Crippen molar-refractivity contribution in [1.82, 2.24) is 10.3 Å². The minimum Gasteiger partial charge on any atom is -0.313 e. The summed E-state index contributed by atoms with van der Waals surface area (Å²) in [7, 11) is 2.01. The van der Waals surface area contributed by atoms with Crippen molar-refractivity contribution < 1.29 is 0 Å². The molecule has 2 aromatic carbocycles. The van der Waals surface area contributed by atoms with Crippen LogP contribution < -0.4 is 5.32 Å². The molecule has 1 N–H and O–H groups in total. The van der Waals surface area contributed by atoms with Gasteiger partial charge in [0.05, 0.1) is 5.52 Å². The molecule has 0 saturated heterocycles. The number of rotatable bonds is 4. The third kappa shape index (κ3) is 3.11. The minimum absolute atomic E-state index is 0.281. The molecule has 0 aliphatic carbocycles. The van der Waals surface area contributed by atoms with Crippen LogP contribution in [0.15, 0.2) is 60.8 Å². The molecule has 3 aromatic rings. The fourth-order valence-corrected chi connectivity index (χ4v) is 2.74. The summed E-state index contributed by atoms with van der Waals surface area (Å²) in [5.74, 6) is 0. The van der Waals surface area contributed by atoms with Crippen molar-refractivity contribution in [1.29, 1.82) is 0 Å². The van der Waals surface area contributed by atoms with Crippen molar-refractivity contribution >= 4 is 10.9 Å². The van der Waals surface area contributed by atoms with Crippen molar-refractivity contribution in [3.63, 3.8) is 0 Å². The van der Waals surface area contributed by atoms with Crippen LogP contribution in [0.1, 0.15) is 22.7 Å². The number of aryl methyl sites for hydroxylation is 1. The molecule has 1 aromatic heterocycles. The van der Waals surface area contributed by atoms with Crippen LogP contribution in [0.25, 0.3) is 10.9 Å². The lowest BCUT2D eigenvalue weighted by atomic mass is 9.98. The molecule has 0 aliphatic rings. The van der Waals surface area contributed by atoms with Gasteiger partial charge in [0.15, 0.2) is 0 Å². The molecule has 0 amide bonds. The first kappa shape index (κ1) is 13.8. The molecule has 1 unspecified atom stereocenters. The van der Waals surface area contributed by atoms with Gasteiger partial charge in [-0.3, -0.25) is 4.98 Å². The summed E-state index contributed by atoms with van der Waals surface area (Å²) >= 11 is 0. The molecular formula is C19H20N2. The molecule has 0 saturated carbocycles. The second-order valence-corrected chi connectivity index (χ2v) is 5.50. The molecule has 0 radical (unpaired) electrons. The maximum atomic E-state index is 4.57. The van der Waals surface area contributed by atoms with Crippen LogP contribution >= 0.6 is 0 Å². The van der Waals surface area contributed by atoms with E-state index in [1.165, 1.54) is 22.1 Å². The second-order valence-electron chi connectivity index (χ2n) is 5.50. The third-order valence-electron chi connectivity index (χ3n) is 3.88. The molecule has 1 heterocycles. The van der Waals surface area contributed by atoms with Crippen molar-refractivity contribution in [2.24, 2.45) is 0 Å². The van der Waals surface area contributed by atoms with Crippen LogP contribution in [0.4, 0.5) is 0 Å². The summed E-state index contributed by atoms with van der Waals surface area (Å²) in [6.07, 6.45) is 2.96. The number of nitrogens with zero attached hydrogens (tertiary/aromatic N) is 1. The summed E-state index contributed by atoms with van der Waals surface area (Å²) in [4.78, 5) is 4.57. The van der Waals surface area contributed by atoms with E-state index in [0.29, 0.717) is 0 Å². The third-order valence-corrected chi connectivity index (χ3v) is 3.88. The number of pyridine rings is 1. The van der Waals surface area contributed by atoms with Gasteiger partial charge < -0.3 is 5.32 Å². The van der Waals surface area contributed by atoms with E-state index in [-0.39, 0.29) is 6.04 Å². The fourth-order valence-electron chi connectivity index (χ4n) is 2.74. The van der Waals surface area contributed by atoms with Crippen molar-refractivity contribution in [2.75, 3.05) is 7.05 Å². The fraction of sp³-hybridized carbons (Fsp3) is 0.211. The Labute approximate surface area is 125 Å². The zero-order valence-electron chi connectivity index (χ0n) is 12.5. The largest absolute Gasteiger partial charge is 0.313 e. The van der Waals surface area contributed by atoms with Gasteiger partial charge in [-0.05, 0) is 43.7 Å². The Morgan fingerprint density at radius 1 is 1.05 bits per heavy atom. The lowest BCUT2D eigenvalue weighted by Gasteiger charge is -2.17. The first-order valence-electron chi connectivity index (χ1n) is 7.34. The van der Waals surface area contributed by atoms with E-state index >= 15 is 0 Å². The molecule has 0 bridgehead atoms. The average molecular weight is 276 g/mol. The van der Waals surface area contributed by atoms with E-state index < -0.39 is 0 Å². The van der Waals surface area contributed by atoms with Crippen molar-refractivity contribution in [3.8, 4) is 0 Å². The lowest BCUT2D eigenvalue weighted by Crippen LogP contribution is -2.19. The normalized spacial score (nSPS) is 12.5. The van der Waals surface area contributed by atoms with Gasteiger partial charge in [0, 0.05) is 17.6 Å². The smallest absolute Gasteiger partial charge is 0.0702 e. The predicted octanol–water partition coefficient (Wildman–Crippen LogP) is 4.05. The van der Waals surface area contributed by atoms with E-state index in [9.17, 15) is 0 Å². The van der Waals surface area contributed by atoms with Crippen LogP contribution in [0.2, 0.25) is 0 Å². The van der Waals surface area contributed by atoms with Crippen LogP contribution in [-0.4, -0.2) is 12.0 Å². The van der Waals surface area contributed by atoms with Gasteiger partial charge in [-0.15, -0.1) is 0 Å². The van der Waals surface area contributed by atoms with E-state index in [4.69, 9.17) is 0 Å². The van der Waals surface area contributed by atoms with E-state index in [2.05, 4.69) is 59.7 Å². The SMILES string of the molecule is CNC(Cc1cccc(C)c1)c1cnc2ccccc2c1. The number of para-hydroxylation sites is 1. The molecule has 2 heteroatoms. The van der Waals surface area contributed by atoms with Gasteiger partial charge in [-0.2, -0.15) is 0 Å². The Balaban J connectivity index is 1.90. The van der Waals surface area contributed by atoms with E-state index in [0.717, 1.165) is 11.9 Å². The van der Waals surface area contributed by atoms with Gasteiger partial charge in [0.2, 0.25) is 0 Å². The highest BCUT2D eigenvalue weighted by Gasteiger charge is 2.11. The summed E-state index contributed by atoms with van der Waals surface area (Å²) in [5.41, 5.74) is 4.94. The predicted molar refractivity (Wildman–Crippen MR) is 88.4 cm³/mol. The van der Waals surface area contributed by atoms with Gasteiger partial charge >= 0.3 is 0 Å². The van der Waals surface area contributed by atoms with Gasteiger partial charge in [0.25, 0.3) is 0 Å². The quantitative estimate of drug-likeness (QED) is 0.777. The van der Waals surface area contributed by atoms with Crippen LogP contribution in [0.3, 0.4) is 0 Å². The molecule has 0 spiro atoms. The zero-order chi connectivity index (χ0) is 14.7. The topological polar surface area (TPSA) is 24.9 Å². The number of hydrogen-bond donors (Lipinski definition) is 1. The molecule has 0 aliphatic heterocycles. The summed E-state index contributed by atoms with van der Waals surface area (Å²) in [5, 5.41) is 4.60. The van der Waals surface area contributed by atoms with E-state index in [1.54, 1.807) is 0 Å². The highest BCUT2D eigenvalue weighted by molar-refractivity contribution is 5.78. The zero-order valence-corrected chi connectivity index (χ0v) is 12.5. The first-order chi connectivity index (χ1) is 10.3. The summed E-state index contributed by atoms with van der Waals surface area (Å²) < 4.78 is 0. The number of aromatic nitrogens is 1. The summed E-state index contributed by atoms with van der Waals surface area (Å²) in [6.45, 7) is 2.13. The number of hydrogen-bond acceptors (Lipinski definition) is 2.